The lowest BCUT2D eigenvalue weighted by Crippen LogP contribution is -1.91. The number of hydrogen-bond acceptors (Lipinski definition) is 1. The van der Waals surface area contributed by atoms with Crippen molar-refractivity contribution in [2.75, 3.05) is 0 Å². The van der Waals surface area contributed by atoms with Gasteiger partial charge in [0.2, 0.25) is 0 Å². The molecule has 0 bridgehead atoms. The molecule has 0 radical (unpaired) electrons. The minimum Gasteiger partial charge on any atom is -0.295 e. The third-order valence-electron chi connectivity index (χ3n) is 0.829. The monoisotopic (exact) mass is 124 g/mol. The van der Waals surface area contributed by atoms with Crippen molar-refractivity contribution in [1.82, 2.24) is 0 Å². The third kappa shape index (κ3) is 5.01. The van der Waals surface area contributed by atoms with Crippen molar-refractivity contribution in [3.05, 3.63) is 24.3 Å². The Bertz CT molecular complexity index is 143. The maximum absolute atomic E-state index is 10.7. The van der Waals surface area contributed by atoms with Gasteiger partial charge in [0.05, 0.1) is 0 Å². The Morgan fingerprint density at radius 2 is 2.22 bits per heavy atom. The van der Waals surface area contributed by atoms with Gasteiger partial charge in [0.25, 0.3) is 0 Å². The molecule has 0 aliphatic heterocycles. The number of ketones is 1. The molecule has 0 saturated heterocycles. The molecule has 0 N–H and O–H groups in total. The van der Waals surface area contributed by atoms with Crippen molar-refractivity contribution in [3.63, 3.8) is 0 Å². The Labute approximate surface area is 56.1 Å². The minimum atomic E-state index is 0.130. The zero-order valence-electron chi connectivity index (χ0n) is 5.98. The van der Waals surface area contributed by atoms with Crippen molar-refractivity contribution < 1.29 is 4.79 Å². The van der Waals surface area contributed by atoms with Gasteiger partial charge in [-0.3, -0.25) is 4.79 Å². The molecule has 50 valence electrons. The maximum atomic E-state index is 10.7. The van der Waals surface area contributed by atoms with Gasteiger partial charge in [-0.1, -0.05) is 18.2 Å². The Kier molecular flexibility index (Phi) is 3.69. The van der Waals surface area contributed by atoms with Crippen LogP contribution in [-0.2, 0) is 4.79 Å². The fourth-order valence-corrected chi connectivity index (χ4v) is 0.542. The van der Waals surface area contributed by atoms with E-state index in [1.54, 1.807) is 12.2 Å². The van der Waals surface area contributed by atoms with Gasteiger partial charge < -0.3 is 0 Å². The van der Waals surface area contributed by atoms with Crippen LogP contribution >= 0.6 is 0 Å². The van der Waals surface area contributed by atoms with Crippen LogP contribution in [0.3, 0.4) is 0 Å². The normalized spacial score (nSPS) is 10.0. The molecule has 0 aromatic rings. The second-order valence-electron chi connectivity index (χ2n) is 2.10. The van der Waals surface area contributed by atoms with Crippen LogP contribution < -0.4 is 0 Å². The van der Waals surface area contributed by atoms with Crippen molar-refractivity contribution in [1.29, 1.82) is 0 Å². The first-order valence-corrected chi connectivity index (χ1v) is 2.96. The first-order chi connectivity index (χ1) is 4.16. The van der Waals surface area contributed by atoms with Gasteiger partial charge >= 0.3 is 0 Å². The molecule has 0 aromatic heterocycles. The second kappa shape index (κ2) is 4.07. The van der Waals surface area contributed by atoms with E-state index in [0.717, 1.165) is 5.57 Å². The summed E-state index contributed by atoms with van der Waals surface area (Å²) in [6.07, 6.45) is 3.78. The SMILES string of the molecule is C=C(C)CC(=O)/C=C\C. The summed E-state index contributed by atoms with van der Waals surface area (Å²) >= 11 is 0. The highest BCUT2D eigenvalue weighted by Crippen LogP contribution is 1.96. The van der Waals surface area contributed by atoms with Crippen molar-refractivity contribution in [3.8, 4) is 0 Å². The smallest absolute Gasteiger partial charge is 0.159 e. The first-order valence-electron chi connectivity index (χ1n) is 2.96. The molecule has 0 fully saturated rings. The fraction of sp³-hybridized carbons (Fsp3) is 0.375. The van der Waals surface area contributed by atoms with E-state index in [0.29, 0.717) is 6.42 Å². The van der Waals surface area contributed by atoms with Crippen LogP contribution in [0.5, 0.6) is 0 Å². The zero-order chi connectivity index (χ0) is 7.28. The summed E-state index contributed by atoms with van der Waals surface area (Å²) in [5.41, 5.74) is 0.915. The van der Waals surface area contributed by atoms with E-state index in [4.69, 9.17) is 0 Å². The number of hydrogen-bond donors (Lipinski definition) is 0. The Morgan fingerprint density at radius 1 is 1.67 bits per heavy atom. The van der Waals surface area contributed by atoms with Crippen LogP contribution in [0.1, 0.15) is 20.3 Å². The molecule has 0 aromatic carbocycles. The van der Waals surface area contributed by atoms with E-state index in [1.165, 1.54) is 0 Å². The summed E-state index contributed by atoms with van der Waals surface area (Å²) in [5, 5.41) is 0. The Hall–Kier alpha value is -0.850. The summed E-state index contributed by atoms with van der Waals surface area (Å²) in [7, 11) is 0. The number of allylic oxidation sites excluding steroid dienone is 3. The molecule has 0 saturated carbocycles. The molecule has 1 heteroatoms. The van der Waals surface area contributed by atoms with Crippen LogP contribution in [0.25, 0.3) is 0 Å². The highest BCUT2D eigenvalue weighted by atomic mass is 16.1. The molecule has 0 unspecified atom stereocenters. The molecule has 1 nitrogen and oxygen atoms in total. The van der Waals surface area contributed by atoms with Gasteiger partial charge in [0.1, 0.15) is 0 Å². The van der Waals surface area contributed by atoms with E-state index in [2.05, 4.69) is 6.58 Å². The van der Waals surface area contributed by atoms with Gasteiger partial charge in [0, 0.05) is 6.42 Å². The summed E-state index contributed by atoms with van der Waals surface area (Å²) in [4.78, 5) is 10.7. The van der Waals surface area contributed by atoms with Gasteiger partial charge in [-0.15, -0.1) is 0 Å². The van der Waals surface area contributed by atoms with E-state index in [-0.39, 0.29) is 5.78 Å². The second-order valence-corrected chi connectivity index (χ2v) is 2.10. The van der Waals surface area contributed by atoms with Crippen LogP contribution in [-0.4, -0.2) is 5.78 Å². The van der Waals surface area contributed by atoms with Crippen LogP contribution in [0.4, 0.5) is 0 Å². The van der Waals surface area contributed by atoms with E-state index < -0.39 is 0 Å². The predicted molar refractivity (Wildman–Crippen MR) is 39.3 cm³/mol. The lowest BCUT2D eigenvalue weighted by molar-refractivity contribution is -0.114. The topological polar surface area (TPSA) is 17.1 Å². The fourth-order valence-electron chi connectivity index (χ4n) is 0.542. The summed E-state index contributed by atoms with van der Waals surface area (Å²) in [6.45, 7) is 7.30. The van der Waals surface area contributed by atoms with E-state index in [9.17, 15) is 4.79 Å². The minimum absolute atomic E-state index is 0.130. The van der Waals surface area contributed by atoms with Crippen molar-refractivity contribution in [2.24, 2.45) is 0 Å². The molecular formula is C8H12O. The molecule has 9 heavy (non-hydrogen) atoms. The third-order valence-corrected chi connectivity index (χ3v) is 0.829. The molecule has 0 spiro atoms. The maximum Gasteiger partial charge on any atom is 0.159 e. The quantitative estimate of drug-likeness (QED) is 0.416. The lowest BCUT2D eigenvalue weighted by atomic mass is 10.2. The predicted octanol–water partition coefficient (Wildman–Crippen LogP) is 2.10. The van der Waals surface area contributed by atoms with E-state index >= 15 is 0 Å². The van der Waals surface area contributed by atoms with Crippen molar-refractivity contribution >= 4 is 5.78 Å². The molecular weight excluding hydrogens is 112 g/mol. The summed E-state index contributed by atoms with van der Waals surface area (Å²) < 4.78 is 0. The van der Waals surface area contributed by atoms with Crippen LogP contribution in [0.15, 0.2) is 24.3 Å². The number of rotatable bonds is 3. The summed E-state index contributed by atoms with van der Waals surface area (Å²) in [6, 6.07) is 0. The average Bonchev–Trinajstić information content (AvgIpc) is 1.63. The standard InChI is InChI=1S/C8H12O/c1-4-5-8(9)6-7(2)3/h4-5H,2,6H2,1,3H3/b5-4-. The van der Waals surface area contributed by atoms with Gasteiger partial charge in [-0.2, -0.15) is 0 Å². The van der Waals surface area contributed by atoms with Crippen LogP contribution in [0.2, 0.25) is 0 Å². The molecule has 0 heterocycles. The Morgan fingerprint density at radius 3 is 2.56 bits per heavy atom. The molecule has 0 aliphatic rings. The summed E-state index contributed by atoms with van der Waals surface area (Å²) in [5.74, 6) is 0.130. The number of carbonyl (C=O) groups is 1. The highest BCUT2D eigenvalue weighted by molar-refractivity contribution is 5.91. The Balaban J connectivity index is 3.64. The molecule has 0 atom stereocenters. The van der Waals surface area contributed by atoms with E-state index in [1.807, 2.05) is 13.8 Å². The zero-order valence-corrected chi connectivity index (χ0v) is 5.98. The van der Waals surface area contributed by atoms with Crippen molar-refractivity contribution in [2.45, 2.75) is 20.3 Å². The van der Waals surface area contributed by atoms with Gasteiger partial charge in [-0.05, 0) is 19.9 Å². The largest absolute Gasteiger partial charge is 0.295 e. The lowest BCUT2D eigenvalue weighted by Gasteiger charge is -1.90. The van der Waals surface area contributed by atoms with Gasteiger partial charge in [0.15, 0.2) is 5.78 Å². The average molecular weight is 124 g/mol. The molecule has 0 aliphatic carbocycles. The molecule has 0 amide bonds. The van der Waals surface area contributed by atoms with Crippen LogP contribution in [0, 0.1) is 0 Å². The number of carbonyl (C=O) groups excluding carboxylic acids is 1. The molecule has 0 rings (SSSR count). The highest BCUT2D eigenvalue weighted by Gasteiger charge is 1.93. The van der Waals surface area contributed by atoms with Gasteiger partial charge in [-0.25, -0.2) is 0 Å². The first kappa shape index (κ1) is 8.15.